The summed E-state index contributed by atoms with van der Waals surface area (Å²) in [7, 11) is 0. The first kappa shape index (κ1) is 27.1. The molecule has 0 atom stereocenters. The number of imidazole rings is 2. The average molecular weight is 657 g/mol. The van der Waals surface area contributed by atoms with E-state index >= 15 is 0 Å². The number of rotatable bonds is 2. The first-order chi connectivity index (χ1) is 23.9. The summed E-state index contributed by atoms with van der Waals surface area (Å²) in [5, 5.41) is 5.02. The second-order valence-corrected chi connectivity index (χ2v) is 13.9. The number of hydrogen-bond donors (Lipinski definition) is 0. The van der Waals surface area contributed by atoms with Gasteiger partial charge in [-0.25, -0.2) is 0 Å². The number of furan rings is 2. The molecule has 6 aromatic heterocycles. The smallest absolute Gasteiger partial charge is 0.214 e. The zero-order chi connectivity index (χ0) is 32.9. The van der Waals surface area contributed by atoms with Crippen LogP contribution in [0, 0.1) is 27.7 Å². The van der Waals surface area contributed by atoms with Crippen molar-refractivity contribution >= 4 is 89.1 Å². The quantitative estimate of drug-likeness (QED) is 0.186. The predicted molar refractivity (Wildman–Crippen MR) is 201 cm³/mol. The molecule has 0 radical (unpaired) electrons. The number of aromatic nitrogens is 4. The van der Waals surface area contributed by atoms with Gasteiger partial charge in [0.05, 0.1) is 49.2 Å². The second-order valence-electron chi connectivity index (χ2n) is 13.5. The molecule has 0 saturated carbocycles. The van der Waals surface area contributed by atoms with Crippen LogP contribution in [0.4, 0.5) is 0 Å². The maximum absolute atomic E-state index is 7.69. The number of fused-ring (bicyclic) bond motifs is 14. The Morgan fingerprint density at radius 1 is 0.490 bits per heavy atom. The van der Waals surface area contributed by atoms with Crippen LogP contribution in [0.5, 0.6) is 0 Å². The highest BCUT2D eigenvalue weighted by molar-refractivity contribution is 6.34. The summed E-state index contributed by atoms with van der Waals surface area (Å²) in [6.07, 6.45) is 0. The van der Waals surface area contributed by atoms with Crippen LogP contribution in [0.2, 0.25) is 5.02 Å². The zero-order valence-corrected chi connectivity index (χ0v) is 28.1. The minimum Gasteiger partial charge on any atom is -0.439 e. The molecule has 5 aromatic carbocycles. The first-order valence-electron chi connectivity index (χ1n) is 16.6. The Hall–Kier alpha value is -5.85. The lowest BCUT2D eigenvalue weighted by atomic mass is 10.1. The van der Waals surface area contributed by atoms with Gasteiger partial charge in [0.15, 0.2) is 0 Å². The predicted octanol–water partition coefficient (Wildman–Crippen LogP) is 11.8. The third kappa shape index (κ3) is 3.36. The molecule has 0 aliphatic heterocycles. The molecule has 11 aromatic rings. The summed E-state index contributed by atoms with van der Waals surface area (Å²) < 4.78 is 22.2. The van der Waals surface area contributed by atoms with Crippen molar-refractivity contribution in [1.82, 2.24) is 17.9 Å². The SMILES string of the molecule is Cc1cc(C)c2c(c1)n1c3oc4ccccc4c3cc1n2-c1cccc(-n2c3c(C)cc(C)cc3n3c4oc5ccccc5c4cc23)c1Cl. The van der Waals surface area contributed by atoms with Gasteiger partial charge >= 0.3 is 0 Å². The Balaban J connectivity index is 1.27. The maximum atomic E-state index is 7.69. The van der Waals surface area contributed by atoms with E-state index < -0.39 is 0 Å². The minimum atomic E-state index is 0.659. The van der Waals surface area contributed by atoms with Crippen LogP contribution in [0.25, 0.3) is 88.9 Å². The van der Waals surface area contributed by atoms with Gasteiger partial charge in [0.1, 0.15) is 22.5 Å². The highest BCUT2D eigenvalue weighted by Crippen LogP contribution is 2.43. The van der Waals surface area contributed by atoms with Gasteiger partial charge in [0.25, 0.3) is 0 Å². The number of para-hydroxylation sites is 2. The fourth-order valence-electron chi connectivity index (χ4n) is 8.47. The van der Waals surface area contributed by atoms with Crippen LogP contribution >= 0.6 is 11.6 Å². The molecule has 7 heteroatoms. The number of nitrogens with zero attached hydrogens (tertiary/aromatic N) is 4. The molecule has 0 fully saturated rings. The molecule has 0 saturated heterocycles. The summed E-state index contributed by atoms with van der Waals surface area (Å²) in [5.41, 5.74) is 16.3. The van der Waals surface area contributed by atoms with Crippen molar-refractivity contribution in [3.8, 4) is 11.4 Å². The van der Waals surface area contributed by atoms with E-state index in [4.69, 9.17) is 20.4 Å². The van der Waals surface area contributed by atoms with Gasteiger partial charge in [-0.3, -0.25) is 17.9 Å². The molecule has 0 aliphatic carbocycles. The van der Waals surface area contributed by atoms with Crippen LogP contribution in [0.1, 0.15) is 22.3 Å². The third-order valence-electron chi connectivity index (χ3n) is 10.3. The van der Waals surface area contributed by atoms with E-state index in [-0.39, 0.29) is 0 Å². The minimum absolute atomic E-state index is 0.659. The van der Waals surface area contributed by atoms with E-state index in [2.05, 4.69) is 124 Å². The molecule has 0 N–H and O–H groups in total. The Morgan fingerprint density at radius 2 is 0.939 bits per heavy atom. The van der Waals surface area contributed by atoms with Crippen LogP contribution in [0.15, 0.2) is 112 Å². The number of benzene rings is 5. The summed E-state index contributed by atoms with van der Waals surface area (Å²) in [5.74, 6) is 0. The fraction of sp³-hybridized carbons (Fsp3) is 0.0952. The number of aryl methyl sites for hydroxylation is 4. The fourth-order valence-corrected chi connectivity index (χ4v) is 8.77. The van der Waals surface area contributed by atoms with E-state index in [9.17, 15) is 0 Å². The Kier molecular flexibility index (Phi) is 5.09. The van der Waals surface area contributed by atoms with Crippen molar-refractivity contribution in [3.05, 3.63) is 130 Å². The maximum Gasteiger partial charge on any atom is 0.214 e. The molecule has 6 nitrogen and oxygen atoms in total. The molecular formula is C42H29ClN4O2. The summed E-state index contributed by atoms with van der Waals surface area (Å²) >= 11 is 7.69. The summed E-state index contributed by atoms with van der Waals surface area (Å²) in [6.45, 7) is 8.64. The normalized spacial score (nSPS) is 12.6. The van der Waals surface area contributed by atoms with Gasteiger partial charge in [0, 0.05) is 10.8 Å². The summed E-state index contributed by atoms with van der Waals surface area (Å²) in [4.78, 5) is 0. The highest BCUT2D eigenvalue weighted by Gasteiger charge is 2.26. The van der Waals surface area contributed by atoms with Crippen LogP contribution in [-0.2, 0) is 0 Å². The van der Waals surface area contributed by atoms with Crippen molar-refractivity contribution < 1.29 is 8.83 Å². The molecule has 236 valence electrons. The van der Waals surface area contributed by atoms with Crippen LogP contribution in [-0.4, -0.2) is 17.9 Å². The molecule has 0 amide bonds. The van der Waals surface area contributed by atoms with Crippen molar-refractivity contribution in [1.29, 1.82) is 0 Å². The zero-order valence-electron chi connectivity index (χ0n) is 27.3. The van der Waals surface area contributed by atoms with Gasteiger partial charge in [0.2, 0.25) is 11.4 Å². The highest BCUT2D eigenvalue weighted by atomic mass is 35.5. The molecule has 0 bridgehead atoms. The van der Waals surface area contributed by atoms with Gasteiger partial charge < -0.3 is 8.83 Å². The Morgan fingerprint density at radius 3 is 1.41 bits per heavy atom. The molecule has 0 aliphatic rings. The van der Waals surface area contributed by atoms with Crippen molar-refractivity contribution in [2.45, 2.75) is 27.7 Å². The van der Waals surface area contributed by atoms with Gasteiger partial charge in [-0.05, 0) is 98.5 Å². The van der Waals surface area contributed by atoms with E-state index in [1.165, 1.54) is 22.3 Å². The second kappa shape index (κ2) is 9.19. The first-order valence-corrected chi connectivity index (χ1v) is 16.9. The van der Waals surface area contributed by atoms with Crippen molar-refractivity contribution in [2.75, 3.05) is 0 Å². The van der Waals surface area contributed by atoms with E-state index in [1.807, 2.05) is 24.3 Å². The Bertz CT molecular complexity index is 3020. The van der Waals surface area contributed by atoms with E-state index in [0.717, 1.165) is 88.9 Å². The van der Waals surface area contributed by atoms with E-state index in [1.54, 1.807) is 0 Å². The summed E-state index contributed by atoms with van der Waals surface area (Å²) in [6, 6.07) is 36.3. The van der Waals surface area contributed by atoms with Crippen LogP contribution < -0.4 is 0 Å². The topological polar surface area (TPSA) is 45.0 Å². The van der Waals surface area contributed by atoms with Crippen molar-refractivity contribution in [3.63, 3.8) is 0 Å². The number of hydrogen-bond acceptors (Lipinski definition) is 2. The molecule has 0 spiro atoms. The third-order valence-corrected chi connectivity index (χ3v) is 10.7. The molecule has 6 heterocycles. The number of halogens is 1. The lowest BCUT2D eigenvalue weighted by molar-refractivity contribution is 0.651. The monoisotopic (exact) mass is 656 g/mol. The van der Waals surface area contributed by atoms with E-state index in [0.29, 0.717) is 5.02 Å². The standard InChI is InChI=1S/C42H29ClN4O2/c1-22-16-24(3)39-32(18-22)46-36(20-28-26-10-5-7-14-34(26)48-41(28)46)44(39)30-12-9-13-31(38(30)43)45-37-21-29-27-11-6-8-15-35(27)49-42(29)47(37)33-19-23(2)17-25(4)40(33)45/h5-21H,1-4H3. The molecule has 49 heavy (non-hydrogen) atoms. The van der Waals surface area contributed by atoms with Gasteiger partial charge in [-0.1, -0.05) is 66.2 Å². The Labute approximate surface area is 284 Å². The van der Waals surface area contributed by atoms with Crippen molar-refractivity contribution in [2.24, 2.45) is 0 Å². The van der Waals surface area contributed by atoms with Gasteiger partial charge in [-0.15, -0.1) is 0 Å². The lowest BCUT2D eigenvalue weighted by Crippen LogP contribution is -2.02. The average Bonchev–Trinajstić information content (AvgIpc) is 3.89. The molecule has 0 unspecified atom stereocenters. The largest absolute Gasteiger partial charge is 0.439 e. The van der Waals surface area contributed by atoms with Gasteiger partial charge in [-0.2, -0.15) is 0 Å². The molecular weight excluding hydrogens is 628 g/mol. The molecule has 11 rings (SSSR count). The lowest BCUT2D eigenvalue weighted by Gasteiger charge is -2.16. The van der Waals surface area contributed by atoms with Crippen LogP contribution in [0.3, 0.4) is 0 Å².